The Hall–Kier alpha value is -2.41. The molecule has 2 fully saturated rings. The van der Waals surface area contributed by atoms with Crippen LogP contribution < -0.4 is 10.2 Å². The average molecular weight is 385 g/mol. The number of nitrogens with one attached hydrogen (secondary N) is 1. The minimum Gasteiger partial charge on any atom is -0.372 e. The highest BCUT2D eigenvalue weighted by molar-refractivity contribution is 6.20. The van der Waals surface area contributed by atoms with Crippen LogP contribution >= 0.6 is 0 Å². The van der Waals surface area contributed by atoms with Crippen molar-refractivity contribution in [3.05, 3.63) is 29.8 Å². The Labute approximate surface area is 165 Å². The van der Waals surface area contributed by atoms with Crippen molar-refractivity contribution in [3.8, 4) is 0 Å². The summed E-state index contributed by atoms with van der Waals surface area (Å²) in [6.07, 6.45) is -0.130. The van der Waals surface area contributed by atoms with Crippen molar-refractivity contribution >= 4 is 23.5 Å². The topological polar surface area (TPSA) is 79.0 Å². The molecule has 7 heteroatoms. The molecule has 1 N–H and O–H groups in total. The molecule has 3 aliphatic rings. The van der Waals surface area contributed by atoms with Crippen molar-refractivity contribution in [1.82, 2.24) is 10.2 Å². The van der Waals surface area contributed by atoms with Crippen molar-refractivity contribution in [2.75, 3.05) is 11.4 Å². The number of imide groups is 2. The van der Waals surface area contributed by atoms with Crippen molar-refractivity contribution in [3.63, 3.8) is 0 Å². The molecule has 3 aliphatic heterocycles. The molecule has 28 heavy (non-hydrogen) atoms. The van der Waals surface area contributed by atoms with Crippen LogP contribution in [0.3, 0.4) is 0 Å². The van der Waals surface area contributed by atoms with Gasteiger partial charge in [0.15, 0.2) is 5.41 Å². The molecule has 0 aliphatic carbocycles. The molecule has 150 valence electrons. The van der Waals surface area contributed by atoms with Crippen LogP contribution in [0.2, 0.25) is 0 Å². The van der Waals surface area contributed by atoms with Crippen LogP contribution in [-0.2, 0) is 20.7 Å². The number of benzene rings is 1. The number of hydrogen-bond donors (Lipinski definition) is 1. The number of urea groups is 1. The molecule has 7 nitrogen and oxygen atoms in total. The fourth-order valence-electron chi connectivity index (χ4n) is 5.07. The third kappa shape index (κ3) is 2.49. The van der Waals surface area contributed by atoms with Crippen molar-refractivity contribution in [2.45, 2.75) is 64.8 Å². The van der Waals surface area contributed by atoms with Crippen molar-refractivity contribution in [2.24, 2.45) is 5.41 Å². The minimum absolute atomic E-state index is 0.0310. The second-order valence-electron chi connectivity index (χ2n) is 9.10. The van der Waals surface area contributed by atoms with Gasteiger partial charge in [-0.3, -0.25) is 19.8 Å². The summed E-state index contributed by atoms with van der Waals surface area (Å²) in [5.41, 5.74) is -0.190. The van der Waals surface area contributed by atoms with E-state index in [4.69, 9.17) is 4.74 Å². The van der Waals surface area contributed by atoms with Gasteiger partial charge in [0.25, 0.3) is 0 Å². The van der Waals surface area contributed by atoms with Crippen LogP contribution in [0.4, 0.5) is 10.5 Å². The normalized spacial score (nSPS) is 32.9. The van der Waals surface area contributed by atoms with Gasteiger partial charge in [0.05, 0.1) is 18.2 Å². The largest absolute Gasteiger partial charge is 0.372 e. The summed E-state index contributed by atoms with van der Waals surface area (Å²) in [7, 11) is 0. The van der Waals surface area contributed by atoms with Crippen LogP contribution in [0.5, 0.6) is 0 Å². The third-order valence-corrected chi connectivity index (χ3v) is 6.04. The zero-order valence-electron chi connectivity index (χ0n) is 17.0. The van der Waals surface area contributed by atoms with Gasteiger partial charge in [-0.15, -0.1) is 0 Å². The zero-order chi connectivity index (χ0) is 20.4. The quantitative estimate of drug-likeness (QED) is 0.692. The second kappa shape index (κ2) is 6.04. The molecule has 0 radical (unpaired) electrons. The van der Waals surface area contributed by atoms with Gasteiger partial charge in [0.2, 0.25) is 11.8 Å². The number of barbiturate groups is 1. The Kier molecular flexibility index (Phi) is 4.08. The van der Waals surface area contributed by atoms with Gasteiger partial charge in [-0.1, -0.05) is 18.2 Å². The Morgan fingerprint density at radius 2 is 1.82 bits per heavy atom. The van der Waals surface area contributed by atoms with Crippen LogP contribution in [-0.4, -0.2) is 53.1 Å². The van der Waals surface area contributed by atoms with Gasteiger partial charge in [-0.05, 0) is 52.7 Å². The number of morpholine rings is 1. The number of carbonyl (C=O) groups excluding carboxylic acids is 3. The lowest BCUT2D eigenvalue weighted by Crippen LogP contribution is -2.77. The third-order valence-electron chi connectivity index (χ3n) is 6.04. The zero-order valence-corrected chi connectivity index (χ0v) is 17.0. The highest BCUT2D eigenvalue weighted by Gasteiger charge is 2.65. The summed E-state index contributed by atoms with van der Waals surface area (Å²) in [5.74, 6) is -0.972. The van der Waals surface area contributed by atoms with E-state index < -0.39 is 34.8 Å². The summed E-state index contributed by atoms with van der Waals surface area (Å²) in [6, 6.07) is 6.72. The van der Waals surface area contributed by atoms with E-state index in [1.165, 1.54) is 4.90 Å². The van der Waals surface area contributed by atoms with Crippen LogP contribution in [0, 0.1) is 5.41 Å². The van der Waals surface area contributed by atoms with E-state index in [0.29, 0.717) is 6.54 Å². The lowest BCUT2D eigenvalue weighted by atomic mass is 9.66. The molecule has 0 saturated carbocycles. The second-order valence-corrected chi connectivity index (χ2v) is 9.10. The van der Waals surface area contributed by atoms with Crippen LogP contribution in [0.25, 0.3) is 0 Å². The molecule has 2 saturated heterocycles. The predicted molar refractivity (Wildman–Crippen MR) is 104 cm³/mol. The number of amides is 4. The summed E-state index contributed by atoms with van der Waals surface area (Å²) < 4.78 is 6.07. The smallest absolute Gasteiger partial charge is 0.331 e. The highest BCUT2D eigenvalue weighted by atomic mass is 16.5. The van der Waals surface area contributed by atoms with E-state index >= 15 is 0 Å². The number of para-hydroxylation sites is 1. The molecular weight excluding hydrogens is 358 g/mol. The highest BCUT2D eigenvalue weighted by Crippen LogP contribution is 2.48. The van der Waals surface area contributed by atoms with E-state index in [9.17, 15) is 14.4 Å². The molecule has 4 amide bonds. The van der Waals surface area contributed by atoms with Gasteiger partial charge in [-0.2, -0.15) is 0 Å². The molecule has 1 aromatic carbocycles. The molecule has 1 aromatic rings. The van der Waals surface area contributed by atoms with Crippen LogP contribution in [0.1, 0.15) is 40.2 Å². The monoisotopic (exact) mass is 385 g/mol. The van der Waals surface area contributed by atoms with E-state index in [1.54, 1.807) is 20.8 Å². The number of fused-ring (bicyclic) bond motifs is 4. The minimum atomic E-state index is -1.41. The first-order valence-electron chi connectivity index (χ1n) is 9.77. The Bertz CT molecular complexity index is 861. The number of carbonyl (C=O) groups is 3. The molecule has 3 heterocycles. The van der Waals surface area contributed by atoms with Gasteiger partial charge < -0.3 is 9.64 Å². The van der Waals surface area contributed by atoms with E-state index in [1.807, 2.05) is 38.1 Å². The van der Waals surface area contributed by atoms with Crippen molar-refractivity contribution in [1.29, 1.82) is 0 Å². The average Bonchev–Trinajstić information content (AvgIpc) is 2.58. The maximum atomic E-state index is 13.8. The number of ether oxygens (including phenoxy) is 1. The number of rotatable bonds is 0. The maximum Gasteiger partial charge on any atom is 0.331 e. The lowest BCUT2D eigenvalue weighted by molar-refractivity contribution is -0.163. The molecule has 4 atom stereocenters. The Morgan fingerprint density at radius 3 is 2.50 bits per heavy atom. The van der Waals surface area contributed by atoms with E-state index in [2.05, 4.69) is 10.2 Å². The van der Waals surface area contributed by atoms with E-state index in [-0.39, 0.29) is 18.6 Å². The first-order valence-corrected chi connectivity index (χ1v) is 9.77. The van der Waals surface area contributed by atoms with Gasteiger partial charge in [-0.25, -0.2) is 4.79 Å². The summed E-state index contributed by atoms with van der Waals surface area (Å²) in [6.45, 7) is 9.87. The maximum absolute atomic E-state index is 13.8. The molecule has 1 spiro atoms. The SMILES string of the molecule is C[C@@H]1CN2c3ccccc3C[C@]3(C(=O)NC(=O)N(C(C)(C)C)C3=O)[C@H]2[C@H](C)O1. The first kappa shape index (κ1) is 18.9. The number of nitrogens with zero attached hydrogens (tertiary/aromatic N) is 2. The molecule has 0 bridgehead atoms. The summed E-state index contributed by atoms with van der Waals surface area (Å²) in [4.78, 5) is 43.0. The lowest BCUT2D eigenvalue weighted by Gasteiger charge is -2.57. The van der Waals surface area contributed by atoms with Crippen molar-refractivity contribution < 1.29 is 19.1 Å². The number of anilines is 1. The Balaban J connectivity index is 1.93. The molecule has 0 aromatic heterocycles. The van der Waals surface area contributed by atoms with Gasteiger partial charge in [0, 0.05) is 17.8 Å². The standard InChI is InChI=1S/C21H27N3O4/c1-12-11-23-15-9-7-6-8-14(15)10-21(16(23)13(2)28-12)17(25)22-19(27)24(18(21)26)20(3,4)5/h6-9,12-13,16H,10-11H2,1-5H3,(H,22,25,27)/t12-,13+,16-,21-/m1/s1. The van der Waals surface area contributed by atoms with E-state index in [0.717, 1.165) is 11.3 Å². The molecular formula is C21H27N3O4. The summed E-state index contributed by atoms with van der Waals surface area (Å²) >= 11 is 0. The fraction of sp³-hybridized carbons (Fsp3) is 0.571. The van der Waals surface area contributed by atoms with Crippen LogP contribution in [0.15, 0.2) is 24.3 Å². The van der Waals surface area contributed by atoms with Gasteiger partial charge >= 0.3 is 6.03 Å². The predicted octanol–water partition coefficient (Wildman–Crippen LogP) is 2.09. The Morgan fingerprint density at radius 1 is 1.14 bits per heavy atom. The number of hydrogen-bond acceptors (Lipinski definition) is 5. The fourth-order valence-corrected chi connectivity index (χ4v) is 5.07. The molecule has 0 unspecified atom stereocenters. The molecule has 4 rings (SSSR count). The summed E-state index contributed by atoms with van der Waals surface area (Å²) in [5, 5.41) is 2.47. The van der Waals surface area contributed by atoms with Gasteiger partial charge in [0.1, 0.15) is 0 Å². The first-order chi connectivity index (χ1) is 13.1.